The van der Waals surface area contributed by atoms with E-state index in [0.717, 1.165) is 17.0 Å². The Morgan fingerprint density at radius 2 is 2.14 bits per heavy atom. The van der Waals surface area contributed by atoms with E-state index in [2.05, 4.69) is 10.3 Å². The van der Waals surface area contributed by atoms with E-state index < -0.39 is 0 Å². The molecule has 2 rings (SSSR count). The number of rotatable bonds is 6. The minimum Gasteiger partial charge on any atom is -0.493 e. The highest BCUT2D eigenvalue weighted by molar-refractivity contribution is 7.14. The Morgan fingerprint density at radius 3 is 2.86 bits per heavy atom. The monoisotopic (exact) mass is 304 g/mol. The minimum absolute atomic E-state index is 0.00370. The molecule has 1 N–H and O–H groups in total. The second-order valence-corrected chi connectivity index (χ2v) is 5.97. The molecule has 0 spiro atoms. The van der Waals surface area contributed by atoms with Crippen molar-refractivity contribution in [1.82, 2.24) is 4.98 Å². The van der Waals surface area contributed by atoms with Crippen LogP contribution >= 0.6 is 11.3 Å². The molecule has 0 aliphatic rings. The molecule has 0 saturated carbocycles. The smallest absolute Gasteiger partial charge is 0.226 e. The van der Waals surface area contributed by atoms with Gasteiger partial charge in [0.2, 0.25) is 5.91 Å². The second kappa shape index (κ2) is 7.22. The zero-order chi connectivity index (χ0) is 15.2. The van der Waals surface area contributed by atoms with E-state index in [9.17, 15) is 4.79 Å². The number of amides is 1. The summed E-state index contributed by atoms with van der Waals surface area (Å²) in [5.41, 5.74) is 1.77. The first-order valence-electron chi connectivity index (χ1n) is 7.07. The Morgan fingerprint density at radius 1 is 1.38 bits per heavy atom. The maximum atomic E-state index is 11.8. The summed E-state index contributed by atoms with van der Waals surface area (Å²) in [6.45, 7) is 6.60. The fourth-order valence-corrected chi connectivity index (χ4v) is 2.68. The Kier molecular flexibility index (Phi) is 5.33. The minimum atomic E-state index is 0.00370. The molecule has 1 amide bonds. The highest BCUT2D eigenvalue weighted by Crippen LogP contribution is 2.32. The zero-order valence-electron chi connectivity index (χ0n) is 12.6. The first-order valence-corrected chi connectivity index (χ1v) is 7.95. The Bertz CT molecular complexity index is 608. The number of nitrogens with zero attached hydrogens (tertiary/aromatic N) is 1. The fraction of sp³-hybridized carbons (Fsp3) is 0.375. The second-order valence-electron chi connectivity index (χ2n) is 5.11. The summed E-state index contributed by atoms with van der Waals surface area (Å²) in [4.78, 5) is 16.2. The Hall–Kier alpha value is -1.88. The number of aromatic nitrogens is 1. The van der Waals surface area contributed by atoms with Crippen LogP contribution in [0.2, 0.25) is 0 Å². The maximum absolute atomic E-state index is 11.8. The largest absolute Gasteiger partial charge is 0.493 e. The number of nitrogens with one attached hydrogen (secondary N) is 1. The molecule has 0 aliphatic heterocycles. The van der Waals surface area contributed by atoms with Crippen LogP contribution in [0.3, 0.4) is 0 Å². The highest BCUT2D eigenvalue weighted by atomic mass is 32.1. The van der Waals surface area contributed by atoms with Crippen molar-refractivity contribution in [3.63, 3.8) is 0 Å². The van der Waals surface area contributed by atoms with Crippen LogP contribution in [0.25, 0.3) is 11.3 Å². The molecule has 21 heavy (non-hydrogen) atoms. The van der Waals surface area contributed by atoms with Gasteiger partial charge in [0.15, 0.2) is 5.13 Å². The fourth-order valence-electron chi connectivity index (χ4n) is 1.96. The summed E-state index contributed by atoms with van der Waals surface area (Å²) in [7, 11) is 0. The standard InChI is InChI=1S/C16H20N2O2S/c1-4-20-14-8-6-5-7-12(14)13-10-21-16(17-13)18-15(19)9-11(2)3/h5-8,10-11H,4,9H2,1-3H3,(H,17,18,19). The van der Waals surface area contributed by atoms with Crippen molar-refractivity contribution in [1.29, 1.82) is 0 Å². The van der Waals surface area contributed by atoms with Crippen LogP contribution in [-0.2, 0) is 4.79 Å². The molecule has 5 heteroatoms. The SMILES string of the molecule is CCOc1ccccc1-c1csc(NC(=O)CC(C)C)n1. The predicted molar refractivity (Wildman–Crippen MR) is 86.8 cm³/mol. The van der Waals surface area contributed by atoms with E-state index in [0.29, 0.717) is 24.1 Å². The van der Waals surface area contributed by atoms with Gasteiger partial charge in [0.25, 0.3) is 0 Å². The molecule has 0 unspecified atom stereocenters. The number of carbonyl (C=O) groups excluding carboxylic acids is 1. The zero-order valence-corrected chi connectivity index (χ0v) is 13.4. The van der Waals surface area contributed by atoms with Crippen LogP contribution < -0.4 is 10.1 Å². The molecule has 0 atom stereocenters. The van der Waals surface area contributed by atoms with Gasteiger partial charge in [0.1, 0.15) is 5.75 Å². The number of carbonyl (C=O) groups is 1. The Labute approximate surface area is 129 Å². The summed E-state index contributed by atoms with van der Waals surface area (Å²) < 4.78 is 5.61. The molecule has 1 aromatic carbocycles. The van der Waals surface area contributed by atoms with Gasteiger partial charge in [-0.1, -0.05) is 26.0 Å². The van der Waals surface area contributed by atoms with E-state index in [1.54, 1.807) is 0 Å². The van der Waals surface area contributed by atoms with Crippen molar-refractivity contribution < 1.29 is 9.53 Å². The Balaban J connectivity index is 2.15. The number of hydrogen-bond donors (Lipinski definition) is 1. The summed E-state index contributed by atoms with van der Waals surface area (Å²) in [5.74, 6) is 1.15. The van der Waals surface area contributed by atoms with Crippen molar-refractivity contribution in [2.45, 2.75) is 27.2 Å². The molecule has 2 aromatic rings. The lowest BCUT2D eigenvalue weighted by Crippen LogP contribution is -2.13. The van der Waals surface area contributed by atoms with Gasteiger partial charge in [0, 0.05) is 17.4 Å². The van der Waals surface area contributed by atoms with E-state index in [1.807, 2.05) is 50.4 Å². The van der Waals surface area contributed by atoms with E-state index in [-0.39, 0.29) is 5.91 Å². The van der Waals surface area contributed by atoms with Crippen LogP contribution in [0.5, 0.6) is 5.75 Å². The molecule has 4 nitrogen and oxygen atoms in total. The first kappa shape index (κ1) is 15.5. The maximum Gasteiger partial charge on any atom is 0.226 e. The van der Waals surface area contributed by atoms with Crippen LogP contribution in [0.15, 0.2) is 29.6 Å². The topological polar surface area (TPSA) is 51.2 Å². The number of anilines is 1. The molecular weight excluding hydrogens is 284 g/mol. The predicted octanol–water partition coefficient (Wildman–Crippen LogP) is 4.19. The molecule has 0 radical (unpaired) electrons. The van der Waals surface area contributed by atoms with Gasteiger partial charge in [-0.15, -0.1) is 11.3 Å². The van der Waals surface area contributed by atoms with Gasteiger partial charge in [-0.2, -0.15) is 0 Å². The van der Waals surface area contributed by atoms with Crippen LogP contribution in [-0.4, -0.2) is 17.5 Å². The van der Waals surface area contributed by atoms with Crippen molar-refractivity contribution in [2.75, 3.05) is 11.9 Å². The quantitative estimate of drug-likeness (QED) is 0.870. The normalized spacial score (nSPS) is 10.7. The summed E-state index contributed by atoms with van der Waals surface area (Å²) in [6.07, 6.45) is 0.504. The third-order valence-corrected chi connectivity index (χ3v) is 3.56. The molecule has 1 heterocycles. The van der Waals surface area contributed by atoms with Crippen LogP contribution in [0, 0.1) is 5.92 Å². The lowest BCUT2D eigenvalue weighted by Gasteiger charge is -2.07. The molecule has 0 saturated heterocycles. The van der Waals surface area contributed by atoms with E-state index in [1.165, 1.54) is 11.3 Å². The number of ether oxygens (including phenoxy) is 1. The van der Waals surface area contributed by atoms with Crippen molar-refractivity contribution >= 4 is 22.4 Å². The third kappa shape index (κ3) is 4.29. The lowest BCUT2D eigenvalue weighted by molar-refractivity contribution is -0.116. The molecule has 0 aliphatic carbocycles. The molecule has 0 bridgehead atoms. The lowest BCUT2D eigenvalue weighted by atomic mass is 10.1. The van der Waals surface area contributed by atoms with Gasteiger partial charge in [-0.25, -0.2) is 4.98 Å². The van der Waals surface area contributed by atoms with Gasteiger partial charge in [-0.05, 0) is 25.0 Å². The number of para-hydroxylation sites is 1. The summed E-state index contributed by atoms with van der Waals surface area (Å²) in [6, 6.07) is 7.79. The van der Waals surface area contributed by atoms with E-state index >= 15 is 0 Å². The van der Waals surface area contributed by atoms with Crippen LogP contribution in [0.4, 0.5) is 5.13 Å². The molecule has 112 valence electrons. The number of hydrogen-bond acceptors (Lipinski definition) is 4. The highest BCUT2D eigenvalue weighted by Gasteiger charge is 2.12. The van der Waals surface area contributed by atoms with Crippen molar-refractivity contribution in [3.8, 4) is 17.0 Å². The average molecular weight is 304 g/mol. The molecule has 0 fully saturated rings. The first-order chi connectivity index (χ1) is 10.1. The van der Waals surface area contributed by atoms with Crippen LogP contribution in [0.1, 0.15) is 27.2 Å². The third-order valence-electron chi connectivity index (χ3n) is 2.81. The van der Waals surface area contributed by atoms with Crippen molar-refractivity contribution in [2.24, 2.45) is 5.92 Å². The summed E-state index contributed by atoms with van der Waals surface area (Å²) >= 11 is 1.43. The number of benzene rings is 1. The van der Waals surface area contributed by atoms with Gasteiger partial charge in [-0.3, -0.25) is 4.79 Å². The van der Waals surface area contributed by atoms with Crippen molar-refractivity contribution in [3.05, 3.63) is 29.6 Å². The summed E-state index contributed by atoms with van der Waals surface area (Å²) in [5, 5.41) is 5.40. The number of thiazole rings is 1. The average Bonchev–Trinajstić information content (AvgIpc) is 2.87. The molecule has 1 aromatic heterocycles. The van der Waals surface area contributed by atoms with Gasteiger partial charge >= 0.3 is 0 Å². The van der Waals surface area contributed by atoms with E-state index in [4.69, 9.17) is 4.74 Å². The molecular formula is C16H20N2O2S. The van der Waals surface area contributed by atoms with Gasteiger partial charge < -0.3 is 10.1 Å². The van der Waals surface area contributed by atoms with Gasteiger partial charge in [0.05, 0.1) is 12.3 Å².